The van der Waals surface area contributed by atoms with Gasteiger partial charge >= 0.3 is 0 Å². The van der Waals surface area contributed by atoms with Crippen molar-refractivity contribution < 1.29 is 19.0 Å². The topological polar surface area (TPSA) is 81.2 Å². The molecule has 0 aliphatic carbocycles. The molecule has 2 N–H and O–H groups in total. The number of nitrogens with one attached hydrogen (secondary N) is 2. The molecular weight excluding hydrogens is 322 g/mol. The Bertz CT molecular complexity index is 733. The van der Waals surface area contributed by atoms with Gasteiger partial charge in [0.15, 0.2) is 11.5 Å². The number of hydrogen-bond donors (Lipinski definition) is 2. The van der Waals surface area contributed by atoms with Gasteiger partial charge < -0.3 is 19.5 Å². The van der Waals surface area contributed by atoms with Crippen molar-refractivity contribution in [3.05, 3.63) is 48.0 Å². The number of rotatable bonds is 8. The molecule has 0 aliphatic rings. The van der Waals surface area contributed by atoms with Crippen LogP contribution in [0.2, 0.25) is 0 Å². The maximum atomic E-state index is 11.8. The minimum absolute atomic E-state index is 0.115. The quantitative estimate of drug-likeness (QED) is 0.568. The number of hydrazone groups is 1. The highest BCUT2D eigenvalue weighted by molar-refractivity contribution is 5.87. The molecule has 0 aromatic heterocycles. The first-order valence-corrected chi connectivity index (χ1v) is 7.58. The predicted molar refractivity (Wildman–Crippen MR) is 96.8 cm³/mol. The summed E-state index contributed by atoms with van der Waals surface area (Å²) in [6.07, 6.45) is 1.49. The van der Waals surface area contributed by atoms with Gasteiger partial charge in [-0.3, -0.25) is 4.79 Å². The molecule has 0 bridgehead atoms. The van der Waals surface area contributed by atoms with Crippen molar-refractivity contribution in [2.24, 2.45) is 5.10 Å². The fourth-order valence-corrected chi connectivity index (χ4v) is 2.11. The highest BCUT2D eigenvalue weighted by Crippen LogP contribution is 2.33. The third-order valence-corrected chi connectivity index (χ3v) is 3.36. The van der Waals surface area contributed by atoms with E-state index < -0.39 is 0 Å². The molecule has 1 amide bonds. The second-order valence-electron chi connectivity index (χ2n) is 4.96. The number of methoxy groups -OCH3 is 3. The summed E-state index contributed by atoms with van der Waals surface area (Å²) in [5.74, 6) is 1.38. The van der Waals surface area contributed by atoms with Gasteiger partial charge in [-0.15, -0.1) is 0 Å². The number of para-hydroxylation sites is 1. The summed E-state index contributed by atoms with van der Waals surface area (Å²) in [6, 6.07) is 12.9. The van der Waals surface area contributed by atoms with Crippen molar-refractivity contribution in [2.75, 3.05) is 33.2 Å². The van der Waals surface area contributed by atoms with Crippen molar-refractivity contribution in [2.45, 2.75) is 0 Å². The molecule has 2 rings (SSSR count). The Morgan fingerprint density at radius 2 is 1.64 bits per heavy atom. The minimum atomic E-state index is -0.264. The Morgan fingerprint density at radius 3 is 2.28 bits per heavy atom. The Balaban J connectivity index is 1.97. The van der Waals surface area contributed by atoms with Gasteiger partial charge in [0.2, 0.25) is 0 Å². The van der Waals surface area contributed by atoms with E-state index in [-0.39, 0.29) is 12.5 Å². The van der Waals surface area contributed by atoms with Gasteiger partial charge in [0.05, 0.1) is 34.1 Å². The molecule has 132 valence electrons. The van der Waals surface area contributed by atoms with Crippen LogP contribution in [0.1, 0.15) is 5.56 Å². The molecule has 7 nitrogen and oxygen atoms in total. The lowest BCUT2D eigenvalue weighted by molar-refractivity contribution is -0.119. The van der Waals surface area contributed by atoms with Gasteiger partial charge in [-0.25, -0.2) is 5.43 Å². The second-order valence-corrected chi connectivity index (χ2v) is 4.96. The number of nitrogens with zero attached hydrogens (tertiary/aromatic N) is 1. The van der Waals surface area contributed by atoms with E-state index in [9.17, 15) is 4.79 Å². The summed E-state index contributed by atoms with van der Waals surface area (Å²) in [5.41, 5.74) is 3.97. The van der Waals surface area contributed by atoms with E-state index in [2.05, 4.69) is 15.8 Å². The molecule has 7 heteroatoms. The molecule has 0 fully saturated rings. The van der Waals surface area contributed by atoms with Crippen LogP contribution < -0.4 is 25.0 Å². The summed E-state index contributed by atoms with van der Waals surface area (Å²) in [7, 11) is 4.63. The summed E-state index contributed by atoms with van der Waals surface area (Å²) in [6.45, 7) is 0.115. The number of anilines is 1. The monoisotopic (exact) mass is 343 g/mol. The summed E-state index contributed by atoms with van der Waals surface area (Å²) < 4.78 is 15.8. The minimum Gasteiger partial charge on any atom is -0.496 e. The Morgan fingerprint density at radius 1 is 1.00 bits per heavy atom. The fourth-order valence-electron chi connectivity index (χ4n) is 2.11. The van der Waals surface area contributed by atoms with E-state index >= 15 is 0 Å². The SMILES string of the molecule is COc1cc(OC)c(OC)cc1/C=N\NC(=O)CNc1ccccc1. The summed E-state index contributed by atoms with van der Waals surface area (Å²) in [5, 5.41) is 6.95. The maximum absolute atomic E-state index is 11.8. The molecule has 0 atom stereocenters. The second kappa shape index (κ2) is 9.17. The van der Waals surface area contributed by atoms with E-state index in [4.69, 9.17) is 14.2 Å². The normalized spacial score (nSPS) is 10.4. The van der Waals surface area contributed by atoms with Crippen molar-refractivity contribution in [3.8, 4) is 17.2 Å². The van der Waals surface area contributed by atoms with Crippen LogP contribution in [0.25, 0.3) is 0 Å². The summed E-state index contributed by atoms with van der Waals surface area (Å²) >= 11 is 0. The average Bonchev–Trinajstić information content (AvgIpc) is 2.66. The van der Waals surface area contributed by atoms with Crippen molar-refractivity contribution in [1.29, 1.82) is 0 Å². The van der Waals surface area contributed by atoms with Crippen LogP contribution in [0.3, 0.4) is 0 Å². The lowest BCUT2D eigenvalue weighted by Gasteiger charge is -2.11. The number of ether oxygens (including phenoxy) is 3. The third-order valence-electron chi connectivity index (χ3n) is 3.36. The van der Waals surface area contributed by atoms with Crippen LogP contribution >= 0.6 is 0 Å². The molecule has 2 aromatic carbocycles. The standard InChI is InChI=1S/C18H21N3O4/c1-23-15-10-17(25-3)16(24-2)9-13(15)11-20-21-18(22)12-19-14-7-5-4-6-8-14/h4-11,19H,12H2,1-3H3,(H,21,22)/b20-11-. The molecule has 0 aliphatic heterocycles. The van der Waals surface area contributed by atoms with Crippen LogP contribution in [0.5, 0.6) is 17.2 Å². The predicted octanol–water partition coefficient (Wildman–Crippen LogP) is 2.27. The van der Waals surface area contributed by atoms with Crippen LogP contribution in [0.15, 0.2) is 47.6 Å². The van der Waals surface area contributed by atoms with Gasteiger partial charge in [0, 0.05) is 17.3 Å². The molecule has 0 spiro atoms. The first-order chi connectivity index (χ1) is 12.2. The van der Waals surface area contributed by atoms with E-state index in [1.165, 1.54) is 6.21 Å². The number of carbonyl (C=O) groups is 1. The van der Waals surface area contributed by atoms with E-state index in [1.54, 1.807) is 33.5 Å². The van der Waals surface area contributed by atoms with Gasteiger partial charge in [0.25, 0.3) is 5.91 Å². The van der Waals surface area contributed by atoms with Crippen LogP contribution in [-0.2, 0) is 4.79 Å². The maximum Gasteiger partial charge on any atom is 0.259 e. The molecule has 0 radical (unpaired) electrons. The van der Waals surface area contributed by atoms with Gasteiger partial charge in [-0.2, -0.15) is 5.10 Å². The number of amides is 1. The molecule has 2 aromatic rings. The number of hydrogen-bond acceptors (Lipinski definition) is 6. The van der Waals surface area contributed by atoms with Crippen molar-refractivity contribution >= 4 is 17.8 Å². The van der Waals surface area contributed by atoms with Gasteiger partial charge in [-0.05, 0) is 18.2 Å². The fraction of sp³-hybridized carbons (Fsp3) is 0.222. The lowest BCUT2D eigenvalue weighted by Crippen LogP contribution is -2.25. The average molecular weight is 343 g/mol. The first-order valence-electron chi connectivity index (χ1n) is 7.58. The molecule has 25 heavy (non-hydrogen) atoms. The third kappa shape index (κ3) is 5.13. The van der Waals surface area contributed by atoms with Crippen molar-refractivity contribution in [1.82, 2.24) is 5.43 Å². The van der Waals surface area contributed by atoms with Gasteiger partial charge in [0.1, 0.15) is 5.75 Å². The zero-order valence-corrected chi connectivity index (χ0v) is 14.4. The molecular formula is C18H21N3O4. The Labute approximate surface area is 146 Å². The molecule has 0 saturated carbocycles. The summed E-state index contributed by atoms with van der Waals surface area (Å²) in [4.78, 5) is 11.8. The molecule has 0 heterocycles. The smallest absolute Gasteiger partial charge is 0.259 e. The lowest BCUT2D eigenvalue weighted by atomic mass is 10.2. The highest BCUT2D eigenvalue weighted by atomic mass is 16.5. The number of benzene rings is 2. The van der Waals surface area contributed by atoms with Crippen LogP contribution in [0.4, 0.5) is 5.69 Å². The zero-order valence-electron chi connectivity index (χ0n) is 14.4. The molecule has 0 unspecified atom stereocenters. The highest BCUT2D eigenvalue weighted by Gasteiger charge is 2.10. The van der Waals surface area contributed by atoms with E-state index in [1.807, 2.05) is 30.3 Å². The van der Waals surface area contributed by atoms with E-state index in [0.29, 0.717) is 22.8 Å². The Kier molecular flexibility index (Phi) is 6.65. The zero-order chi connectivity index (χ0) is 18.1. The first kappa shape index (κ1) is 18.1. The van der Waals surface area contributed by atoms with E-state index in [0.717, 1.165) is 5.69 Å². The Hall–Kier alpha value is -3.22. The van der Waals surface area contributed by atoms with Crippen LogP contribution in [-0.4, -0.2) is 40.0 Å². The van der Waals surface area contributed by atoms with Crippen LogP contribution in [0, 0.1) is 0 Å². The van der Waals surface area contributed by atoms with Crippen molar-refractivity contribution in [3.63, 3.8) is 0 Å². The largest absolute Gasteiger partial charge is 0.496 e. The number of carbonyl (C=O) groups excluding carboxylic acids is 1. The molecule has 0 saturated heterocycles. The van der Waals surface area contributed by atoms with Gasteiger partial charge in [-0.1, -0.05) is 18.2 Å².